The number of pyridine rings is 1. The van der Waals surface area contributed by atoms with Crippen LogP contribution in [0, 0.1) is 5.82 Å². The number of halogens is 4. The molecule has 4 rings (SSSR count). The van der Waals surface area contributed by atoms with Crippen molar-refractivity contribution in [3.05, 3.63) is 75.3 Å². The quantitative estimate of drug-likeness (QED) is 0.669. The molecule has 0 unspecified atom stereocenters. The normalized spacial score (nSPS) is 15.9. The molecule has 0 bridgehead atoms. The third-order valence-electron chi connectivity index (χ3n) is 5.31. The van der Waals surface area contributed by atoms with Crippen LogP contribution in [0.15, 0.2) is 47.3 Å². The highest BCUT2D eigenvalue weighted by atomic mass is 19.4. The Kier molecular flexibility index (Phi) is 3.63. The van der Waals surface area contributed by atoms with E-state index in [9.17, 15) is 27.5 Å². The van der Waals surface area contributed by atoms with Crippen LogP contribution in [0.2, 0.25) is 0 Å². The standard InChI is InChI=1S/C20H15F4NO2/c1-25-13-7-3-2-5-11(13)15(20(22,23)24)16(18(25)27)19(9-10-19)12-6-4-8-14(26)17(12)21/h2-8,26H,9-10H2,1H3. The number of aromatic nitrogens is 1. The molecule has 7 heteroatoms. The lowest BCUT2D eigenvalue weighted by Crippen LogP contribution is -2.33. The summed E-state index contributed by atoms with van der Waals surface area (Å²) in [5, 5.41) is 9.58. The lowest BCUT2D eigenvalue weighted by atomic mass is 9.83. The van der Waals surface area contributed by atoms with E-state index >= 15 is 0 Å². The summed E-state index contributed by atoms with van der Waals surface area (Å²) >= 11 is 0. The second-order valence-electron chi connectivity index (χ2n) is 6.85. The number of nitrogens with zero attached hydrogens (tertiary/aromatic N) is 1. The molecule has 1 heterocycles. The Balaban J connectivity index is 2.16. The molecule has 1 aromatic heterocycles. The molecule has 1 saturated carbocycles. The van der Waals surface area contributed by atoms with E-state index in [1.54, 1.807) is 6.07 Å². The number of aryl methyl sites for hydroxylation is 1. The number of hydrogen-bond acceptors (Lipinski definition) is 2. The minimum absolute atomic E-state index is 0.0830. The maximum Gasteiger partial charge on any atom is 0.417 e. The second-order valence-corrected chi connectivity index (χ2v) is 6.85. The van der Waals surface area contributed by atoms with Crippen molar-refractivity contribution in [2.24, 2.45) is 7.05 Å². The van der Waals surface area contributed by atoms with Crippen LogP contribution in [-0.4, -0.2) is 9.67 Å². The van der Waals surface area contributed by atoms with E-state index in [1.807, 2.05) is 0 Å². The van der Waals surface area contributed by atoms with Gasteiger partial charge in [0.25, 0.3) is 5.56 Å². The molecular weight excluding hydrogens is 362 g/mol. The van der Waals surface area contributed by atoms with Gasteiger partial charge in [-0.15, -0.1) is 0 Å². The fraction of sp³-hybridized carbons (Fsp3) is 0.250. The van der Waals surface area contributed by atoms with Crippen LogP contribution in [0.1, 0.15) is 29.5 Å². The maximum absolute atomic E-state index is 14.6. The molecule has 0 spiro atoms. The number of phenols is 1. The highest BCUT2D eigenvalue weighted by Gasteiger charge is 2.54. The van der Waals surface area contributed by atoms with Gasteiger partial charge in [-0.25, -0.2) is 4.39 Å². The Morgan fingerprint density at radius 1 is 1.07 bits per heavy atom. The number of fused-ring (bicyclic) bond motifs is 1. The number of benzene rings is 2. The van der Waals surface area contributed by atoms with Crippen molar-refractivity contribution in [2.45, 2.75) is 24.4 Å². The summed E-state index contributed by atoms with van der Waals surface area (Å²) in [6.45, 7) is 0. The molecule has 1 fully saturated rings. The monoisotopic (exact) mass is 377 g/mol. The number of para-hydroxylation sites is 1. The van der Waals surface area contributed by atoms with Crippen molar-refractivity contribution in [3.63, 3.8) is 0 Å². The molecule has 1 aliphatic carbocycles. The first kappa shape index (κ1) is 17.6. The van der Waals surface area contributed by atoms with Crippen molar-refractivity contribution < 1.29 is 22.7 Å². The van der Waals surface area contributed by atoms with Gasteiger partial charge in [0.05, 0.1) is 11.1 Å². The lowest BCUT2D eigenvalue weighted by molar-refractivity contribution is -0.137. The Bertz CT molecular complexity index is 1130. The zero-order valence-electron chi connectivity index (χ0n) is 14.3. The molecule has 0 radical (unpaired) electrons. The van der Waals surface area contributed by atoms with Crippen LogP contribution in [-0.2, 0) is 18.6 Å². The summed E-state index contributed by atoms with van der Waals surface area (Å²) < 4.78 is 57.9. The maximum atomic E-state index is 14.6. The Hall–Kier alpha value is -2.83. The molecule has 3 nitrogen and oxygen atoms in total. The van der Waals surface area contributed by atoms with Gasteiger partial charge in [-0.3, -0.25) is 4.79 Å². The van der Waals surface area contributed by atoms with E-state index in [0.29, 0.717) is 0 Å². The molecule has 1 N–H and O–H groups in total. The number of hydrogen-bond donors (Lipinski definition) is 1. The van der Waals surface area contributed by atoms with Gasteiger partial charge < -0.3 is 9.67 Å². The average Bonchev–Trinajstić information content (AvgIpc) is 3.40. The van der Waals surface area contributed by atoms with Crippen molar-refractivity contribution in [1.82, 2.24) is 4.57 Å². The third-order valence-corrected chi connectivity index (χ3v) is 5.31. The van der Waals surface area contributed by atoms with E-state index in [-0.39, 0.29) is 29.3 Å². The molecular formula is C20H15F4NO2. The zero-order valence-corrected chi connectivity index (χ0v) is 14.3. The minimum atomic E-state index is -4.79. The summed E-state index contributed by atoms with van der Waals surface area (Å²) in [6.07, 6.45) is -4.39. The summed E-state index contributed by atoms with van der Waals surface area (Å²) in [5.74, 6) is -1.64. The Labute approximate surface area is 151 Å². The van der Waals surface area contributed by atoms with E-state index in [2.05, 4.69) is 0 Å². The predicted molar refractivity (Wildman–Crippen MR) is 92.3 cm³/mol. The first-order chi connectivity index (χ1) is 12.7. The van der Waals surface area contributed by atoms with Crippen LogP contribution < -0.4 is 5.56 Å². The second kappa shape index (κ2) is 5.58. The van der Waals surface area contributed by atoms with Gasteiger partial charge >= 0.3 is 6.18 Å². The Morgan fingerprint density at radius 2 is 1.74 bits per heavy atom. The van der Waals surface area contributed by atoms with Crippen molar-refractivity contribution in [2.75, 3.05) is 0 Å². The molecule has 0 amide bonds. The summed E-state index contributed by atoms with van der Waals surface area (Å²) in [5.41, 5.74) is -3.61. The van der Waals surface area contributed by atoms with Gasteiger partial charge in [-0.2, -0.15) is 13.2 Å². The fourth-order valence-corrected chi connectivity index (χ4v) is 3.90. The number of aromatic hydroxyl groups is 1. The topological polar surface area (TPSA) is 42.2 Å². The van der Waals surface area contributed by atoms with Crippen LogP contribution >= 0.6 is 0 Å². The van der Waals surface area contributed by atoms with E-state index in [0.717, 1.165) is 6.07 Å². The molecule has 2 aromatic carbocycles. The SMILES string of the molecule is Cn1c(=O)c(C2(c3cccc(O)c3F)CC2)c(C(F)(F)F)c2ccccc21. The van der Waals surface area contributed by atoms with Gasteiger partial charge in [-0.1, -0.05) is 30.3 Å². The van der Waals surface area contributed by atoms with Crippen molar-refractivity contribution in [1.29, 1.82) is 0 Å². The molecule has 3 aromatic rings. The molecule has 0 atom stereocenters. The summed E-state index contributed by atoms with van der Waals surface area (Å²) in [4.78, 5) is 13.0. The molecule has 0 saturated heterocycles. The van der Waals surface area contributed by atoms with Gasteiger partial charge in [0, 0.05) is 29.0 Å². The largest absolute Gasteiger partial charge is 0.505 e. The Morgan fingerprint density at radius 3 is 2.37 bits per heavy atom. The predicted octanol–water partition coefficient (Wildman–Crippen LogP) is 4.48. The first-order valence-corrected chi connectivity index (χ1v) is 8.36. The van der Waals surface area contributed by atoms with E-state index in [1.165, 1.54) is 41.9 Å². The van der Waals surface area contributed by atoms with Gasteiger partial charge in [0.15, 0.2) is 11.6 Å². The number of rotatable bonds is 2. The third kappa shape index (κ3) is 2.44. The van der Waals surface area contributed by atoms with E-state index in [4.69, 9.17) is 0 Å². The average molecular weight is 377 g/mol. The van der Waals surface area contributed by atoms with Crippen molar-refractivity contribution >= 4 is 10.9 Å². The molecule has 1 aliphatic rings. The highest BCUT2D eigenvalue weighted by molar-refractivity contribution is 5.85. The van der Waals surface area contributed by atoms with Gasteiger partial charge in [0.1, 0.15) is 0 Å². The number of phenolic OH excluding ortho intramolecular Hbond substituents is 1. The van der Waals surface area contributed by atoms with Gasteiger partial charge in [-0.05, 0) is 25.0 Å². The lowest BCUT2D eigenvalue weighted by Gasteiger charge is -2.24. The molecule has 0 aliphatic heterocycles. The zero-order chi connectivity index (χ0) is 19.6. The van der Waals surface area contributed by atoms with Crippen LogP contribution in [0.25, 0.3) is 10.9 Å². The van der Waals surface area contributed by atoms with Crippen LogP contribution in [0.3, 0.4) is 0 Å². The van der Waals surface area contributed by atoms with Crippen LogP contribution in [0.4, 0.5) is 17.6 Å². The number of alkyl halides is 3. The molecule has 140 valence electrons. The summed E-state index contributed by atoms with van der Waals surface area (Å²) in [6, 6.07) is 9.62. The van der Waals surface area contributed by atoms with Crippen LogP contribution in [0.5, 0.6) is 5.75 Å². The van der Waals surface area contributed by atoms with E-state index < -0.39 is 39.8 Å². The first-order valence-electron chi connectivity index (χ1n) is 8.36. The summed E-state index contributed by atoms with van der Waals surface area (Å²) in [7, 11) is 1.41. The smallest absolute Gasteiger partial charge is 0.417 e. The van der Waals surface area contributed by atoms with Gasteiger partial charge in [0.2, 0.25) is 0 Å². The minimum Gasteiger partial charge on any atom is -0.505 e. The highest BCUT2D eigenvalue weighted by Crippen LogP contribution is 2.57. The fourth-order valence-electron chi connectivity index (χ4n) is 3.90. The molecule has 27 heavy (non-hydrogen) atoms. The van der Waals surface area contributed by atoms with Crippen molar-refractivity contribution in [3.8, 4) is 5.75 Å².